The number of rotatable bonds is 3. The number of hydrogen-bond acceptors (Lipinski definition) is 4. The predicted octanol–water partition coefficient (Wildman–Crippen LogP) is 1.99. The summed E-state index contributed by atoms with van der Waals surface area (Å²) in [6.07, 6.45) is 1.76. The van der Waals surface area contributed by atoms with Crippen LogP contribution in [0, 0.1) is 20.8 Å². The minimum absolute atomic E-state index is 0.404. The molecule has 0 fully saturated rings. The molecule has 5 heteroatoms. The van der Waals surface area contributed by atoms with Crippen molar-refractivity contribution in [3.63, 3.8) is 0 Å². The third-order valence-corrected chi connectivity index (χ3v) is 2.96. The Hall–Kier alpha value is -1.88. The lowest BCUT2D eigenvalue weighted by Crippen LogP contribution is -2.02. The van der Waals surface area contributed by atoms with Gasteiger partial charge in [-0.05, 0) is 20.8 Å². The Balaban J connectivity index is 2.42. The van der Waals surface area contributed by atoms with Crippen molar-refractivity contribution in [3.05, 3.63) is 34.9 Å². The van der Waals surface area contributed by atoms with Crippen LogP contribution in [0.5, 0.6) is 11.5 Å². The molecule has 0 aromatic carbocycles. The summed E-state index contributed by atoms with van der Waals surface area (Å²) in [5, 5.41) is 4.33. The van der Waals surface area contributed by atoms with Crippen molar-refractivity contribution in [2.75, 3.05) is 0 Å². The average molecular weight is 246 g/mol. The van der Waals surface area contributed by atoms with E-state index in [1.54, 1.807) is 10.9 Å². The van der Waals surface area contributed by atoms with E-state index in [1.807, 2.05) is 33.9 Å². The number of nitrogens with zero attached hydrogens (tertiary/aromatic N) is 3. The van der Waals surface area contributed by atoms with Crippen molar-refractivity contribution in [2.24, 2.45) is 12.8 Å². The van der Waals surface area contributed by atoms with Crippen LogP contribution in [0.3, 0.4) is 0 Å². The summed E-state index contributed by atoms with van der Waals surface area (Å²) in [5.41, 5.74) is 9.35. The number of nitrogens with two attached hydrogens (primary N) is 1. The fourth-order valence-electron chi connectivity index (χ4n) is 1.82. The molecule has 2 aromatic rings. The molecule has 0 saturated carbocycles. The Morgan fingerprint density at radius 3 is 2.61 bits per heavy atom. The maximum absolute atomic E-state index is 5.96. The zero-order valence-corrected chi connectivity index (χ0v) is 11.2. The van der Waals surface area contributed by atoms with Crippen LogP contribution >= 0.6 is 0 Å². The summed E-state index contributed by atoms with van der Waals surface area (Å²) in [6.45, 7) is 6.24. The minimum Gasteiger partial charge on any atom is -0.453 e. The Labute approximate surface area is 107 Å². The van der Waals surface area contributed by atoms with E-state index in [0.717, 1.165) is 34.1 Å². The fourth-order valence-corrected chi connectivity index (χ4v) is 1.82. The molecule has 0 atom stereocenters. The van der Waals surface area contributed by atoms with Gasteiger partial charge in [0, 0.05) is 37.1 Å². The van der Waals surface area contributed by atoms with Crippen molar-refractivity contribution in [3.8, 4) is 11.5 Å². The Morgan fingerprint density at radius 1 is 1.33 bits per heavy atom. The highest BCUT2D eigenvalue weighted by Gasteiger charge is 2.13. The minimum atomic E-state index is 0.404. The van der Waals surface area contributed by atoms with Crippen LogP contribution in [0.25, 0.3) is 0 Å². The summed E-state index contributed by atoms with van der Waals surface area (Å²) in [5.74, 6) is 1.54. The van der Waals surface area contributed by atoms with Crippen molar-refractivity contribution in [2.45, 2.75) is 27.3 Å². The molecule has 5 nitrogen and oxygen atoms in total. The molecular weight excluding hydrogens is 228 g/mol. The molecule has 2 heterocycles. The maximum atomic E-state index is 5.96. The van der Waals surface area contributed by atoms with Gasteiger partial charge in [0.2, 0.25) is 0 Å². The van der Waals surface area contributed by atoms with Crippen molar-refractivity contribution in [1.82, 2.24) is 14.8 Å². The van der Waals surface area contributed by atoms with E-state index in [4.69, 9.17) is 10.5 Å². The van der Waals surface area contributed by atoms with Gasteiger partial charge in [0.25, 0.3) is 0 Å². The molecule has 0 bridgehead atoms. The summed E-state index contributed by atoms with van der Waals surface area (Å²) >= 11 is 0. The van der Waals surface area contributed by atoms with Crippen molar-refractivity contribution >= 4 is 0 Å². The molecule has 0 unspecified atom stereocenters. The number of aromatic nitrogens is 3. The van der Waals surface area contributed by atoms with Crippen LogP contribution < -0.4 is 10.5 Å². The fraction of sp³-hybridized carbons (Fsp3) is 0.385. The highest BCUT2D eigenvalue weighted by molar-refractivity contribution is 5.41. The zero-order chi connectivity index (χ0) is 13.3. The SMILES string of the molecule is Cc1cc(Oc2c(C)nn(C)c2C)c(CN)cn1. The molecule has 0 amide bonds. The molecule has 0 spiro atoms. The first-order valence-electron chi connectivity index (χ1n) is 5.86. The smallest absolute Gasteiger partial charge is 0.171 e. The van der Waals surface area contributed by atoms with Gasteiger partial charge in [0.15, 0.2) is 5.75 Å². The second-order valence-corrected chi connectivity index (χ2v) is 4.36. The monoisotopic (exact) mass is 246 g/mol. The largest absolute Gasteiger partial charge is 0.453 e. The first kappa shape index (κ1) is 12.6. The molecule has 2 rings (SSSR count). The van der Waals surface area contributed by atoms with E-state index in [2.05, 4.69) is 10.1 Å². The number of hydrogen-bond donors (Lipinski definition) is 1. The van der Waals surface area contributed by atoms with Gasteiger partial charge in [0.05, 0.1) is 5.69 Å². The highest BCUT2D eigenvalue weighted by atomic mass is 16.5. The normalized spacial score (nSPS) is 10.7. The van der Waals surface area contributed by atoms with Crippen LogP contribution in [-0.4, -0.2) is 14.8 Å². The van der Waals surface area contributed by atoms with E-state index in [-0.39, 0.29) is 0 Å². The number of aryl methyl sites for hydroxylation is 3. The lowest BCUT2D eigenvalue weighted by Gasteiger charge is -2.10. The lowest BCUT2D eigenvalue weighted by molar-refractivity contribution is 0.466. The molecule has 2 N–H and O–H groups in total. The van der Waals surface area contributed by atoms with Gasteiger partial charge in [-0.2, -0.15) is 5.10 Å². The van der Waals surface area contributed by atoms with Gasteiger partial charge < -0.3 is 10.5 Å². The van der Waals surface area contributed by atoms with Crippen LogP contribution in [0.4, 0.5) is 0 Å². The van der Waals surface area contributed by atoms with Gasteiger partial charge in [0.1, 0.15) is 11.4 Å². The maximum Gasteiger partial charge on any atom is 0.171 e. The first-order valence-corrected chi connectivity index (χ1v) is 5.86. The van der Waals surface area contributed by atoms with E-state index < -0.39 is 0 Å². The second kappa shape index (κ2) is 4.78. The average Bonchev–Trinajstić information content (AvgIpc) is 2.56. The molecule has 18 heavy (non-hydrogen) atoms. The summed E-state index contributed by atoms with van der Waals surface area (Å²) in [4.78, 5) is 4.22. The molecule has 0 radical (unpaired) electrons. The summed E-state index contributed by atoms with van der Waals surface area (Å²) in [7, 11) is 1.90. The topological polar surface area (TPSA) is 66.0 Å². The molecule has 96 valence electrons. The van der Waals surface area contributed by atoms with Gasteiger partial charge in [-0.1, -0.05) is 0 Å². The van der Waals surface area contributed by atoms with E-state index >= 15 is 0 Å². The Kier molecular flexibility index (Phi) is 3.34. The summed E-state index contributed by atoms with van der Waals surface area (Å²) < 4.78 is 7.77. The number of pyridine rings is 1. The van der Waals surface area contributed by atoms with Crippen LogP contribution in [0.15, 0.2) is 12.3 Å². The van der Waals surface area contributed by atoms with Crippen LogP contribution in [-0.2, 0) is 13.6 Å². The Bertz CT molecular complexity index is 575. The molecule has 0 aliphatic rings. The van der Waals surface area contributed by atoms with Crippen LogP contribution in [0.1, 0.15) is 22.6 Å². The molecule has 0 aliphatic carbocycles. The third-order valence-electron chi connectivity index (χ3n) is 2.96. The van der Waals surface area contributed by atoms with Crippen LogP contribution in [0.2, 0.25) is 0 Å². The van der Waals surface area contributed by atoms with E-state index in [1.165, 1.54) is 0 Å². The molecular formula is C13H18N4O. The van der Waals surface area contributed by atoms with Gasteiger partial charge >= 0.3 is 0 Å². The third kappa shape index (κ3) is 2.22. The quantitative estimate of drug-likeness (QED) is 0.899. The molecule has 2 aromatic heterocycles. The van der Waals surface area contributed by atoms with Gasteiger partial charge in [-0.15, -0.1) is 0 Å². The van der Waals surface area contributed by atoms with Crippen molar-refractivity contribution in [1.29, 1.82) is 0 Å². The van der Waals surface area contributed by atoms with E-state index in [0.29, 0.717) is 6.54 Å². The highest BCUT2D eigenvalue weighted by Crippen LogP contribution is 2.30. The predicted molar refractivity (Wildman–Crippen MR) is 69.6 cm³/mol. The van der Waals surface area contributed by atoms with Gasteiger partial charge in [-0.3, -0.25) is 9.67 Å². The zero-order valence-electron chi connectivity index (χ0n) is 11.2. The standard InChI is InChI=1S/C13H18N4O/c1-8-5-12(11(6-14)7-15-8)18-13-9(2)16-17(4)10(13)3/h5,7H,6,14H2,1-4H3. The van der Waals surface area contributed by atoms with Gasteiger partial charge in [-0.25, -0.2) is 0 Å². The molecule has 0 aliphatic heterocycles. The Morgan fingerprint density at radius 2 is 2.06 bits per heavy atom. The van der Waals surface area contributed by atoms with Crippen molar-refractivity contribution < 1.29 is 4.74 Å². The molecule has 0 saturated heterocycles. The summed E-state index contributed by atoms with van der Waals surface area (Å²) in [6, 6.07) is 1.90. The van der Waals surface area contributed by atoms with E-state index in [9.17, 15) is 0 Å². The first-order chi connectivity index (χ1) is 8.52. The number of ether oxygens (including phenoxy) is 1. The second-order valence-electron chi connectivity index (χ2n) is 4.36. The lowest BCUT2D eigenvalue weighted by atomic mass is 10.2.